The summed E-state index contributed by atoms with van der Waals surface area (Å²) >= 11 is 0. The molecule has 0 radical (unpaired) electrons. The highest BCUT2D eigenvalue weighted by Gasteiger charge is 2.27. The van der Waals surface area contributed by atoms with Crippen molar-refractivity contribution in [2.24, 2.45) is 17.8 Å². The predicted molar refractivity (Wildman–Crippen MR) is 47.3 cm³/mol. The summed E-state index contributed by atoms with van der Waals surface area (Å²) in [6.07, 6.45) is 3.52. The molecule has 0 aromatic heterocycles. The molecule has 1 aliphatic carbocycles. The van der Waals surface area contributed by atoms with Gasteiger partial charge in [-0.25, -0.2) is 0 Å². The fraction of sp³-hybridized carbons (Fsp3) is 1.00. The third-order valence-electron chi connectivity index (χ3n) is 3.14. The third kappa shape index (κ3) is 2.19. The van der Waals surface area contributed by atoms with Gasteiger partial charge in [0.1, 0.15) is 0 Å². The summed E-state index contributed by atoms with van der Waals surface area (Å²) in [6.45, 7) is 6.67. The molecule has 1 nitrogen and oxygen atoms in total. The second kappa shape index (κ2) is 3.57. The lowest BCUT2D eigenvalue weighted by Gasteiger charge is -2.33. The normalized spacial score (nSPS) is 39.5. The number of hydrogen-bond donors (Lipinski definition) is 1. The molecular formula is C10H20O. The van der Waals surface area contributed by atoms with Crippen LogP contribution >= 0.6 is 0 Å². The molecule has 1 N–H and O–H groups in total. The van der Waals surface area contributed by atoms with Gasteiger partial charge in [-0.3, -0.25) is 0 Å². The van der Waals surface area contributed by atoms with Crippen LogP contribution < -0.4 is 0 Å². The molecule has 0 aromatic rings. The van der Waals surface area contributed by atoms with Crippen LogP contribution in [0.5, 0.6) is 0 Å². The average molecular weight is 156 g/mol. The zero-order valence-corrected chi connectivity index (χ0v) is 7.88. The monoisotopic (exact) mass is 156 g/mol. The fourth-order valence-electron chi connectivity index (χ4n) is 1.94. The Morgan fingerprint density at radius 3 is 2.36 bits per heavy atom. The van der Waals surface area contributed by atoms with E-state index in [0.29, 0.717) is 5.92 Å². The Balaban J connectivity index is 2.40. The Kier molecular flexibility index (Phi) is 2.94. The summed E-state index contributed by atoms with van der Waals surface area (Å²) in [7, 11) is 0. The van der Waals surface area contributed by atoms with Crippen LogP contribution in [0.25, 0.3) is 0 Å². The number of aliphatic hydroxyl groups excluding tert-OH is 1. The Bertz CT molecular complexity index is 120. The van der Waals surface area contributed by atoms with E-state index in [1.54, 1.807) is 0 Å². The molecule has 0 bridgehead atoms. The highest BCUT2D eigenvalue weighted by Crippen LogP contribution is 2.32. The first-order valence-electron chi connectivity index (χ1n) is 4.79. The molecule has 0 aromatic carbocycles. The Morgan fingerprint density at radius 1 is 1.27 bits per heavy atom. The molecule has 0 unspecified atom stereocenters. The Morgan fingerprint density at radius 2 is 1.91 bits per heavy atom. The summed E-state index contributed by atoms with van der Waals surface area (Å²) in [5.41, 5.74) is 0. The highest BCUT2D eigenvalue weighted by atomic mass is 16.3. The second-order valence-corrected chi connectivity index (χ2v) is 4.36. The predicted octanol–water partition coefficient (Wildman–Crippen LogP) is 2.44. The van der Waals surface area contributed by atoms with Crippen molar-refractivity contribution >= 4 is 0 Å². The smallest absolute Gasteiger partial charge is 0.0568 e. The van der Waals surface area contributed by atoms with Gasteiger partial charge < -0.3 is 5.11 Å². The van der Waals surface area contributed by atoms with Crippen molar-refractivity contribution in [3.63, 3.8) is 0 Å². The van der Waals surface area contributed by atoms with Gasteiger partial charge in [-0.15, -0.1) is 0 Å². The minimum atomic E-state index is -0.0313. The van der Waals surface area contributed by atoms with Crippen LogP contribution in [0, 0.1) is 17.8 Å². The lowest BCUT2D eigenvalue weighted by Crippen LogP contribution is -2.29. The first kappa shape index (κ1) is 9.05. The van der Waals surface area contributed by atoms with Crippen molar-refractivity contribution in [2.75, 3.05) is 0 Å². The first-order chi connectivity index (χ1) is 5.11. The minimum absolute atomic E-state index is 0.0313. The van der Waals surface area contributed by atoms with E-state index in [9.17, 15) is 5.11 Å². The lowest BCUT2D eigenvalue weighted by atomic mass is 9.76. The molecule has 0 saturated heterocycles. The molecule has 1 saturated carbocycles. The maximum Gasteiger partial charge on any atom is 0.0568 e. The molecule has 0 spiro atoms. The third-order valence-corrected chi connectivity index (χ3v) is 3.14. The van der Waals surface area contributed by atoms with Crippen LogP contribution in [0.4, 0.5) is 0 Å². The molecule has 1 heteroatoms. The van der Waals surface area contributed by atoms with E-state index < -0.39 is 0 Å². The van der Waals surface area contributed by atoms with E-state index in [2.05, 4.69) is 20.8 Å². The fourth-order valence-corrected chi connectivity index (χ4v) is 1.94. The zero-order chi connectivity index (χ0) is 8.43. The summed E-state index contributed by atoms with van der Waals surface area (Å²) in [6, 6.07) is 0. The molecule has 3 atom stereocenters. The quantitative estimate of drug-likeness (QED) is 0.618. The van der Waals surface area contributed by atoms with Crippen molar-refractivity contribution in [2.45, 2.75) is 46.1 Å². The minimum Gasteiger partial charge on any atom is -0.393 e. The Hall–Kier alpha value is -0.0400. The Labute approximate surface area is 69.8 Å². The maximum atomic E-state index is 9.60. The molecule has 66 valence electrons. The summed E-state index contributed by atoms with van der Waals surface area (Å²) in [5.74, 6) is 2.04. The molecular weight excluding hydrogens is 136 g/mol. The first-order valence-corrected chi connectivity index (χ1v) is 4.79. The van der Waals surface area contributed by atoms with E-state index in [-0.39, 0.29) is 6.10 Å². The molecule has 0 heterocycles. The highest BCUT2D eigenvalue weighted by molar-refractivity contribution is 4.78. The zero-order valence-electron chi connectivity index (χ0n) is 7.88. The van der Waals surface area contributed by atoms with Gasteiger partial charge in [0.2, 0.25) is 0 Å². The molecule has 1 aliphatic rings. The standard InChI is InChI=1S/C10H20O/c1-7(2)9-5-4-8(3)10(11)6-9/h7-11H,4-6H2,1-3H3/t8-,9-,10+/m0/s1. The van der Waals surface area contributed by atoms with Gasteiger partial charge in [0.25, 0.3) is 0 Å². The van der Waals surface area contributed by atoms with E-state index >= 15 is 0 Å². The van der Waals surface area contributed by atoms with Gasteiger partial charge in [-0.05, 0) is 37.0 Å². The van der Waals surface area contributed by atoms with E-state index in [1.165, 1.54) is 12.8 Å². The van der Waals surface area contributed by atoms with E-state index in [1.807, 2.05) is 0 Å². The van der Waals surface area contributed by atoms with E-state index in [0.717, 1.165) is 18.3 Å². The molecule has 1 fully saturated rings. The summed E-state index contributed by atoms with van der Waals surface area (Å²) in [4.78, 5) is 0. The largest absolute Gasteiger partial charge is 0.393 e. The van der Waals surface area contributed by atoms with E-state index in [4.69, 9.17) is 0 Å². The van der Waals surface area contributed by atoms with Crippen LogP contribution in [0.3, 0.4) is 0 Å². The van der Waals surface area contributed by atoms with Crippen LogP contribution in [0.15, 0.2) is 0 Å². The van der Waals surface area contributed by atoms with Crippen molar-refractivity contribution in [3.05, 3.63) is 0 Å². The van der Waals surface area contributed by atoms with Crippen LogP contribution in [0.1, 0.15) is 40.0 Å². The SMILES string of the molecule is CC(C)[C@H]1CC[C@H](C)[C@H](O)C1. The van der Waals surface area contributed by atoms with Gasteiger partial charge in [-0.1, -0.05) is 20.8 Å². The number of rotatable bonds is 1. The maximum absolute atomic E-state index is 9.60. The van der Waals surface area contributed by atoms with Crippen LogP contribution in [-0.4, -0.2) is 11.2 Å². The second-order valence-electron chi connectivity index (χ2n) is 4.36. The lowest BCUT2D eigenvalue weighted by molar-refractivity contribution is 0.0410. The molecule has 11 heavy (non-hydrogen) atoms. The van der Waals surface area contributed by atoms with Gasteiger partial charge in [0, 0.05) is 0 Å². The van der Waals surface area contributed by atoms with Crippen molar-refractivity contribution in [1.82, 2.24) is 0 Å². The van der Waals surface area contributed by atoms with Crippen molar-refractivity contribution in [3.8, 4) is 0 Å². The van der Waals surface area contributed by atoms with Crippen molar-refractivity contribution < 1.29 is 5.11 Å². The number of hydrogen-bond acceptors (Lipinski definition) is 1. The van der Waals surface area contributed by atoms with Crippen LogP contribution in [0.2, 0.25) is 0 Å². The molecule has 1 rings (SSSR count). The summed E-state index contributed by atoms with van der Waals surface area (Å²) in [5, 5.41) is 9.60. The van der Waals surface area contributed by atoms with Crippen molar-refractivity contribution in [1.29, 1.82) is 0 Å². The van der Waals surface area contributed by atoms with Gasteiger partial charge in [0.15, 0.2) is 0 Å². The van der Waals surface area contributed by atoms with Crippen LogP contribution in [-0.2, 0) is 0 Å². The number of aliphatic hydroxyl groups is 1. The molecule has 0 aliphatic heterocycles. The average Bonchev–Trinajstić information content (AvgIpc) is 1.94. The van der Waals surface area contributed by atoms with Gasteiger partial charge >= 0.3 is 0 Å². The van der Waals surface area contributed by atoms with Gasteiger partial charge in [0.05, 0.1) is 6.10 Å². The van der Waals surface area contributed by atoms with Gasteiger partial charge in [-0.2, -0.15) is 0 Å². The summed E-state index contributed by atoms with van der Waals surface area (Å²) < 4.78 is 0. The topological polar surface area (TPSA) is 20.2 Å². The molecule has 0 amide bonds.